The fourth-order valence-corrected chi connectivity index (χ4v) is 3.63. The van der Waals surface area contributed by atoms with Gasteiger partial charge in [-0.05, 0) is 24.3 Å². The first kappa shape index (κ1) is 18.6. The van der Waals surface area contributed by atoms with Crippen molar-refractivity contribution in [1.29, 1.82) is 0 Å². The van der Waals surface area contributed by atoms with Crippen molar-refractivity contribution in [3.05, 3.63) is 48.5 Å². The van der Waals surface area contributed by atoms with Crippen molar-refractivity contribution >= 4 is 21.7 Å². The molecule has 0 radical (unpaired) electrons. The van der Waals surface area contributed by atoms with Crippen LogP contribution in [0.4, 0.5) is 5.69 Å². The summed E-state index contributed by atoms with van der Waals surface area (Å²) >= 11 is 0. The molecule has 0 aromatic heterocycles. The summed E-state index contributed by atoms with van der Waals surface area (Å²) in [7, 11) is 0.0895. The van der Waals surface area contributed by atoms with Gasteiger partial charge in [0.05, 0.1) is 31.9 Å². The number of benzene rings is 2. The maximum absolute atomic E-state index is 13.0. The highest BCUT2D eigenvalue weighted by Crippen LogP contribution is 2.35. The van der Waals surface area contributed by atoms with Crippen LogP contribution in [0.1, 0.15) is 0 Å². The van der Waals surface area contributed by atoms with Gasteiger partial charge in [0.25, 0.3) is 10.0 Å². The van der Waals surface area contributed by atoms with Gasteiger partial charge in [-0.3, -0.25) is 9.10 Å². The number of nitrogens with zero attached hydrogens (tertiary/aromatic N) is 1. The Hall–Kier alpha value is -2.74. The van der Waals surface area contributed by atoms with Crippen molar-refractivity contribution in [2.75, 3.05) is 32.2 Å². The van der Waals surface area contributed by atoms with Crippen LogP contribution in [0.15, 0.2) is 53.4 Å². The minimum atomic E-state index is -4.00. The summed E-state index contributed by atoms with van der Waals surface area (Å²) < 4.78 is 42.1. The van der Waals surface area contributed by atoms with Crippen molar-refractivity contribution in [3.8, 4) is 11.5 Å². The van der Waals surface area contributed by atoms with Crippen LogP contribution in [-0.4, -0.2) is 42.3 Å². The van der Waals surface area contributed by atoms with E-state index >= 15 is 0 Å². The van der Waals surface area contributed by atoms with Gasteiger partial charge in [-0.1, -0.05) is 18.2 Å². The van der Waals surface area contributed by atoms with Gasteiger partial charge in [0.15, 0.2) is 0 Å². The Kier molecular flexibility index (Phi) is 5.87. The number of carbonyl (C=O) groups excluding carboxylic acids is 1. The van der Waals surface area contributed by atoms with Crippen molar-refractivity contribution in [2.45, 2.75) is 4.90 Å². The standard InChI is InChI=1S/C17H19NO6S/c1-22-13-9-10-15(16(11-13)23-2)18(12-17(19)24-3)25(20,21)14-7-5-4-6-8-14/h4-11H,12H2,1-3H3. The van der Waals surface area contributed by atoms with E-state index in [0.717, 1.165) is 4.31 Å². The molecular formula is C17H19NO6S. The highest BCUT2D eigenvalue weighted by molar-refractivity contribution is 7.92. The summed E-state index contributed by atoms with van der Waals surface area (Å²) in [6.45, 7) is -0.490. The molecule has 2 aromatic carbocycles. The van der Waals surface area contributed by atoms with Crippen molar-refractivity contribution < 1.29 is 27.4 Å². The Bertz CT molecular complexity index is 835. The number of hydrogen-bond donors (Lipinski definition) is 0. The van der Waals surface area contributed by atoms with E-state index in [2.05, 4.69) is 4.74 Å². The summed E-state index contributed by atoms with van der Waals surface area (Å²) in [5.74, 6) is 0.0517. The second-order valence-electron chi connectivity index (χ2n) is 4.94. The van der Waals surface area contributed by atoms with Crippen molar-refractivity contribution in [3.63, 3.8) is 0 Å². The Morgan fingerprint density at radius 1 is 1.00 bits per heavy atom. The lowest BCUT2D eigenvalue weighted by atomic mass is 10.2. The van der Waals surface area contributed by atoms with Gasteiger partial charge in [0.2, 0.25) is 0 Å². The molecule has 0 aliphatic rings. The van der Waals surface area contributed by atoms with Crippen LogP contribution in [-0.2, 0) is 19.6 Å². The first-order chi connectivity index (χ1) is 11.9. The Morgan fingerprint density at radius 2 is 1.68 bits per heavy atom. The van der Waals surface area contributed by atoms with Gasteiger partial charge >= 0.3 is 5.97 Å². The minimum absolute atomic E-state index is 0.0526. The predicted molar refractivity (Wildman–Crippen MR) is 92.5 cm³/mol. The van der Waals surface area contributed by atoms with E-state index < -0.39 is 22.5 Å². The third-order valence-electron chi connectivity index (χ3n) is 3.49. The maximum Gasteiger partial charge on any atom is 0.326 e. The molecule has 134 valence electrons. The number of anilines is 1. The maximum atomic E-state index is 13.0. The van der Waals surface area contributed by atoms with Crippen molar-refractivity contribution in [1.82, 2.24) is 0 Å². The molecule has 0 fully saturated rings. The highest BCUT2D eigenvalue weighted by Gasteiger charge is 2.29. The minimum Gasteiger partial charge on any atom is -0.497 e. The molecule has 0 saturated heterocycles. The van der Waals surface area contributed by atoms with Crippen LogP contribution in [0.5, 0.6) is 11.5 Å². The molecule has 7 nitrogen and oxygen atoms in total. The van der Waals surface area contributed by atoms with E-state index in [0.29, 0.717) is 5.75 Å². The van der Waals surface area contributed by atoms with Crippen LogP contribution in [0.3, 0.4) is 0 Å². The summed E-state index contributed by atoms with van der Waals surface area (Å²) in [5.41, 5.74) is 0.206. The third kappa shape index (κ3) is 4.03. The summed E-state index contributed by atoms with van der Waals surface area (Å²) in [6, 6.07) is 12.5. The average Bonchev–Trinajstić information content (AvgIpc) is 2.65. The lowest BCUT2D eigenvalue weighted by Gasteiger charge is -2.25. The molecule has 2 rings (SSSR count). The van der Waals surface area contributed by atoms with Crippen molar-refractivity contribution in [2.24, 2.45) is 0 Å². The number of hydrogen-bond acceptors (Lipinski definition) is 6. The molecule has 0 spiro atoms. The molecule has 0 aliphatic carbocycles. The van der Waals surface area contributed by atoms with Crippen LogP contribution >= 0.6 is 0 Å². The molecule has 0 amide bonds. The zero-order chi connectivity index (χ0) is 18.4. The Morgan fingerprint density at radius 3 is 2.24 bits per heavy atom. The molecule has 8 heteroatoms. The van der Waals surface area contributed by atoms with E-state index in [4.69, 9.17) is 9.47 Å². The average molecular weight is 365 g/mol. The van der Waals surface area contributed by atoms with Crippen LogP contribution < -0.4 is 13.8 Å². The second kappa shape index (κ2) is 7.89. The molecule has 0 heterocycles. The molecule has 2 aromatic rings. The fraction of sp³-hybridized carbons (Fsp3) is 0.235. The second-order valence-corrected chi connectivity index (χ2v) is 6.80. The van der Waals surface area contributed by atoms with Gasteiger partial charge in [-0.25, -0.2) is 8.42 Å². The molecule has 0 aliphatic heterocycles. The number of ether oxygens (including phenoxy) is 3. The molecule has 0 unspecified atom stereocenters. The monoisotopic (exact) mass is 365 g/mol. The van der Waals surface area contributed by atoms with E-state index in [1.54, 1.807) is 30.3 Å². The van der Waals surface area contributed by atoms with E-state index in [1.165, 1.54) is 39.5 Å². The van der Waals surface area contributed by atoms with Crippen LogP contribution in [0.2, 0.25) is 0 Å². The summed E-state index contributed by atoms with van der Waals surface area (Å²) in [5, 5.41) is 0. The van der Waals surface area contributed by atoms with E-state index in [9.17, 15) is 13.2 Å². The molecular weight excluding hydrogens is 346 g/mol. The SMILES string of the molecule is COC(=O)CN(c1ccc(OC)cc1OC)S(=O)(=O)c1ccccc1. The number of carbonyl (C=O) groups is 1. The molecule has 0 bridgehead atoms. The van der Waals surface area contributed by atoms with Gasteiger partial charge < -0.3 is 14.2 Å². The number of methoxy groups -OCH3 is 3. The molecule has 0 N–H and O–H groups in total. The number of rotatable bonds is 7. The van der Waals surface area contributed by atoms with Gasteiger partial charge in [0, 0.05) is 6.07 Å². The number of sulfonamides is 1. The van der Waals surface area contributed by atoms with Crippen LogP contribution in [0, 0.1) is 0 Å². The Balaban J connectivity index is 2.60. The van der Waals surface area contributed by atoms with Gasteiger partial charge in [-0.2, -0.15) is 0 Å². The molecule has 0 atom stereocenters. The third-order valence-corrected chi connectivity index (χ3v) is 5.26. The quantitative estimate of drug-likeness (QED) is 0.699. The topological polar surface area (TPSA) is 82.1 Å². The lowest BCUT2D eigenvalue weighted by molar-refractivity contribution is -0.138. The van der Waals surface area contributed by atoms with E-state index in [1.807, 2.05) is 0 Å². The van der Waals surface area contributed by atoms with Gasteiger partial charge in [-0.15, -0.1) is 0 Å². The normalized spacial score (nSPS) is 10.8. The first-order valence-corrected chi connectivity index (χ1v) is 8.74. The number of esters is 1. The van der Waals surface area contributed by atoms with E-state index in [-0.39, 0.29) is 16.3 Å². The zero-order valence-corrected chi connectivity index (χ0v) is 14.9. The zero-order valence-electron chi connectivity index (χ0n) is 14.1. The highest BCUT2D eigenvalue weighted by atomic mass is 32.2. The summed E-state index contributed by atoms with van der Waals surface area (Å²) in [6.07, 6.45) is 0. The molecule has 25 heavy (non-hydrogen) atoms. The van der Waals surface area contributed by atoms with Gasteiger partial charge in [0.1, 0.15) is 18.0 Å². The van der Waals surface area contributed by atoms with Crippen LogP contribution in [0.25, 0.3) is 0 Å². The first-order valence-electron chi connectivity index (χ1n) is 7.30. The molecule has 0 saturated carbocycles. The lowest BCUT2D eigenvalue weighted by Crippen LogP contribution is -2.36. The summed E-state index contributed by atoms with van der Waals surface area (Å²) in [4.78, 5) is 11.9. The largest absolute Gasteiger partial charge is 0.497 e. The smallest absolute Gasteiger partial charge is 0.326 e. The fourth-order valence-electron chi connectivity index (χ4n) is 2.19. The predicted octanol–water partition coefficient (Wildman–Crippen LogP) is 2.07. The Labute approximate surface area is 146 Å².